The van der Waals surface area contributed by atoms with Crippen LogP contribution in [0.15, 0.2) is 24.3 Å². The lowest BCUT2D eigenvalue weighted by atomic mass is 10.0. The van der Waals surface area contributed by atoms with Crippen LogP contribution in [0.25, 0.3) is 0 Å². The Hall–Kier alpha value is -1.40. The molecule has 0 bridgehead atoms. The molecule has 2 saturated heterocycles. The highest BCUT2D eigenvalue weighted by atomic mass is 32.2. The van der Waals surface area contributed by atoms with Gasteiger partial charge in [-0.15, -0.1) is 11.8 Å². The molecule has 1 amide bonds. The Morgan fingerprint density at radius 1 is 1.25 bits per heavy atom. The first-order valence-corrected chi connectivity index (χ1v) is 9.74. The Morgan fingerprint density at radius 3 is 2.75 bits per heavy atom. The number of carbonyl (C=O) groups is 1. The Kier molecular flexibility index (Phi) is 4.35. The predicted octanol–water partition coefficient (Wildman–Crippen LogP) is 2.21. The summed E-state index contributed by atoms with van der Waals surface area (Å²) in [6.07, 6.45) is 2.16. The minimum atomic E-state index is 0.0405. The van der Waals surface area contributed by atoms with Gasteiger partial charge in [-0.25, -0.2) is 0 Å². The molecule has 3 aliphatic heterocycles. The Bertz CT molecular complexity index is 616. The van der Waals surface area contributed by atoms with Gasteiger partial charge in [0.15, 0.2) is 11.5 Å². The van der Waals surface area contributed by atoms with E-state index >= 15 is 0 Å². The number of thioether (sulfide) groups is 1. The molecule has 0 aromatic heterocycles. The summed E-state index contributed by atoms with van der Waals surface area (Å²) in [6.45, 7) is 6.42. The van der Waals surface area contributed by atoms with Crippen molar-refractivity contribution in [2.45, 2.75) is 30.7 Å². The average molecular weight is 348 g/mol. The molecule has 0 aliphatic carbocycles. The first-order valence-electron chi connectivity index (χ1n) is 8.75. The first kappa shape index (κ1) is 16.1. The number of para-hydroxylation sites is 2. The molecule has 2 fully saturated rings. The van der Waals surface area contributed by atoms with E-state index in [-0.39, 0.29) is 11.0 Å². The molecular formula is C18H24N2O3S. The fourth-order valence-electron chi connectivity index (χ4n) is 3.98. The smallest absolute Gasteiger partial charge is 0.233 e. The number of benzene rings is 1. The number of likely N-dealkylation sites (tertiary alicyclic amines) is 1. The molecule has 3 heterocycles. The summed E-state index contributed by atoms with van der Waals surface area (Å²) in [6, 6.07) is 7.85. The van der Waals surface area contributed by atoms with Crippen LogP contribution in [0.2, 0.25) is 0 Å². The molecule has 0 saturated carbocycles. The van der Waals surface area contributed by atoms with Crippen LogP contribution >= 0.6 is 11.8 Å². The van der Waals surface area contributed by atoms with Crippen LogP contribution in [0.1, 0.15) is 19.8 Å². The van der Waals surface area contributed by atoms with Gasteiger partial charge in [0.25, 0.3) is 0 Å². The number of hydrogen-bond donors (Lipinski definition) is 0. The largest absolute Gasteiger partial charge is 0.486 e. The molecule has 0 radical (unpaired) electrons. The lowest BCUT2D eigenvalue weighted by Crippen LogP contribution is -2.53. The molecule has 1 atom stereocenters. The third-order valence-electron chi connectivity index (χ3n) is 5.24. The number of piperidine rings is 1. The summed E-state index contributed by atoms with van der Waals surface area (Å²) < 4.78 is 11.9. The third-order valence-corrected chi connectivity index (χ3v) is 6.80. The van der Waals surface area contributed by atoms with Crippen LogP contribution < -0.4 is 9.47 Å². The van der Waals surface area contributed by atoms with Crippen molar-refractivity contribution >= 4 is 17.7 Å². The number of hydrogen-bond acceptors (Lipinski definition) is 5. The summed E-state index contributed by atoms with van der Waals surface area (Å²) >= 11 is 1.84. The van der Waals surface area contributed by atoms with E-state index in [2.05, 4.69) is 16.7 Å². The number of amides is 1. The lowest BCUT2D eigenvalue weighted by molar-refractivity contribution is -0.131. The normalized spacial score (nSPS) is 26.1. The van der Waals surface area contributed by atoms with Crippen molar-refractivity contribution in [2.24, 2.45) is 0 Å². The van der Waals surface area contributed by atoms with E-state index in [0.717, 1.165) is 50.5 Å². The Labute approximate surface area is 147 Å². The van der Waals surface area contributed by atoms with Gasteiger partial charge in [0, 0.05) is 26.2 Å². The summed E-state index contributed by atoms with van der Waals surface area (Å²) in [5.74, 6) is 2.63. The molecule has 130 valence electrons. The molecule has 1 aromatic rings. The molecular weight excluding hydrogens is 324 g/mol. The number of rotatable bonds is 3. The Balaban J connectivity index is 1.34. The molecule has 1 unspecified atom stereocenters. The van der Waals surface area contributed by atoms with Crippen molar-refractivity contribution in [3.8, 4) is 11.5 Å². The monoisotopic (exact) mass is 348 g/mol. The molecule has 5 nitrogen and oxygen atoms in total. The van der Waals surface area contributed by atoms with Crippen LogP contribution in [-0.4, -0.2) is 65.2 Å². The zero-order valence-corrected chi connectivity index (χ0v) is 14.9. The predicted molar refractivity (Wildman–Crippen MR) is 94.6 cm³/mol. The van der Waals surface area contributed by atoms with Gasteiger partial charge in [-0.1, -0.05) is 12.1 Å². The van der Waals surface area contributed by atoms with E-state index < -0.39 is 0 Å². The maximum atomic E-state index is 12.0. The zero-order chi connectivity index (χ0) is 16.6. The minimum absolute atomic E-state index is 0.0405. The summed E-state index contributed by atoms with van der Waals surface area (Å²) in [5.41, 5.74) is 0. The molecule has 3 aliphatic rings. The standard InChI is InChI=1S/C18H24N2O3S/c1-2-20-17(21)13-24-18(20)7-9-19(10-8-18)11-14-12-22-15-5-3-4-6-16(15)23-14/h3-6,14H,2,7-13H2,1H3. The van der Waals surface area contributed by atoms with Crippen molar-refractivity contribution in [2.75, 3.05) is 38.5 Å². The van der Waals surface area contributed by atoms with Gasteiger partial charge in [-0.05, 0) is 31.9 Å². The molecule has 0 N–H and O–H groups in total. The van der Waals surface area contributed by atoms with Crippen LogP contribution in [-0.2, 0) is 4.79 Å². The second kappa shape index (κ2) is 6.48. The van der Waals surface area contributed by atoms with Crippen LogP contribution in [0, 0.1) is 0 Å². The molecule has 6 heteroatoms. The quantitative estimate of drug-likeness (QED) is 0.838. The van der Waals surface area contributed by atoms with Crippen LogP contribution in [0.5, 0.6) is 11.5 Å². The van der Waals surface area contributed by atoms with E-state index in [1.165, 1.54) is 0 Å². The van der Waals surface area contributed by atoms with E-state index in [1.807, 2.05) is 36.0 Å². The van der Waals surface area contributed by atoms with E-state index in [9.17, 15) is 4.79 Å². The van der Waals surface area contributed by atoms with Crippen molar-refractivity contribution in [1.82, 2.24) is 9.80 Å². The number of nitrogens with zero attached hydrogens (tertiary/aromatic N) is 2. The number of fused-ring (bicyclic) bond motifs is 1. The van der Waals surface area contributed by atoms with Gasteiger partial charge in [0.1, 0.15) is 12.7 Å². The van der Waals surface area contributed by atoms with Crippen molar-refractivity contribution in [1.29, 1.82) is 0 Å². The summed E-state index contributed by atoms with van der Waals surface area (Å²) in [5, 5.41) is 0. The van der Waals surface area contributed by atoms with Gasteiger partial charge in [-0.3, -0.25) is 9.69 Å². The fourth-order valence-corrected chi connectivity index (χ4v) is 5.39. The van der Waals surface area contributed by atoms with Crippen LogP contribution in [0.4, 0.5) is 0 Å². The number of ether oxygens (including phenoxy) is 2. The highest BCUT2D eigenvalue weighted by molar-refractivity contribution is 8.01. The molecule has 1 spiro atoms. The van der Waals surface area contributed by atoms with E-state index in [1.54, 1.807) is 0 Å². The maximum Gasteiger partial charge on any atom is 0.233 e. The van der Waals surface area contributed by atoms with Gasteiger partial charge >= 0.3 is 0 Å². The lowest BCUT2D eigenvalue weighted by Gasteiger charge is -2.44. The van der Waals surface area contributed by atoms with E-state index in [4.69, 9.17) is 9.47 Å². The van der Waals surface area contributed by atoms with Crippen molar-refractivity contribution in [3.63, 3.8) is 0 Å². The fraction of sp³-hybridized carbons (Fsp3) is 0.611. The average Bonchev–Trinajstić information content (AvgIpc) is 2.92. The first-order chi connectivity index (χ1) is 11.7. The molecule has 24 heavy (non-hydrogen) atoms. The second-order valence-electron chi connectivity index (χ2n) is 6.67. The van der Waals surface area contributed by atoms with Gasteiger partial charge < -0.3 is 14.4 Å². The SMILES string of the molecule is CCN1C(=O)CSC12CCN(CC1COc3ccccc3O1)CC2. The van der Waals surface area contributed by atoms with E-state index in [0.29, 0.717) is 18.3 Å². The highest BCUT2D eigenvalue weighted by Crippen LogP contribution is 2.44. The maximum absolute atomic E-state index is 12.0. The van der Waals surface area contributed by atoms with Crippen LogP contribution in [0.3, 0.4) is 0 Å². The van der Waals surface area contributed by atoms with Crippen molar-refractivity contribution < 1.29 is 14.3 Å². The third kappa shape index (κ3) is 2.86. The topological polar surface area (TPSA) is 42.0 Å². The van der Waals surface area contributed by atoms with Gasteiger partial charge in [-0.2, -0.15) is 0 Å². The van der Waals surface area contributed by atoms with Gasteiger partial charge in [0.2, 0.25) is 5.91 Å². The number of carbonyl (C=O) groups excluding carboxylic acids is 1. The molecule has 1 aromatic carbocycles. The van der Waals surface area contributed by atoms with Gasteiger partial charge in [0.05, 0.1) is 10.6 Å². The minimum Gasteiger partial charge on any atom is -0.486 e. The zero-order valence-electron chi connectivity index (χ0n) is 14.1. The highest BCUT2D eigenvalue weighted by Gasteiger charge is 2.47. The summed E-state index contributed by atoms with van der Waals surface area (Å²) in [4.78, 5) is 16.6. The summed E-state index contributed by atoms with van der Waals surface area (Å²) in [7, 11) is 0. The Morgan fingerprint density at radius 2 is 2.00 bits per heavy atom. The second-order valence-corrected chi connectivity index (χ2v) is 8.01. The van der Waals surface area contributed by atoms with Crippen molar-refractivity contribution in [3.05, 3.63) is 24.3 Å². The molecule has 4 rings (SSSR count).